The maximum absolute atomic E-state index is 12.3. The lowest BCUT2D eigenvalue weighted by atomic mass is 10.1. The number of nitrogens with zero attached hydrogens (tertiary/aromatic N) is 2. The van der Waals surface area contributed by atoms with Gasteiger partial charge in [0, 0.05) is 38.8 Å². The Bertz CT molecular complexity index is 784. The van der Waals surface area contributed by atoms with Gasteiger partial charge in [-0.15, -0.1) is 0 Å². The van der Waals surface area contributed by atoms with Gasteiger partial charge in [-0.25, -0.2) is 0 Å². The lowest BCUT2D eigenvalue weighted by molar-refractivity contribution is 0.0951. The van der Waals surface area contributed by atoms with E-state index in [1.54, 1.807) is 7.05 Å². The number of aliphatic imine (C=N–C) groups is 1. The molecule has 150 valence electrons. The minimum Gasteiger partial charge on any atom is -0.352 e. The molecule has 0 saturated heterocycles. The van der Waals surface area contributed by atoms with Gasteiger partial charge in [-0.2, -0.15) is 0 Å². The first-order valence-corrected chi connectivity index (χ1v) is 9.50. The Hall–Kier alpha value is -2.86. The minimum atomic E-state index is -0.0504. The average Bonchev–Trinajstić information content (AvgIpc) is 2.69. The van der Waals surface area contributed by atoms with E-state index in [-0.39, 0.29) is 5.91 Å². The Morgan fingerprint density at radius 1 is 0.964 bits per heavy atom. The molecule has 2 rings (SSSR count). The maximum atomic E-state index is 12.3. The van der Waals surface area contributed by atoms with Crippen LogP contribution in [0.15, 0.2) is 53.5 Å². The molecule has 1 amide bonds. The quantitative estimate of drug-likeness (QED) is 0.484. The second kappa shape index (κ2) is 11.1. The largest absolute Gasteiger partial charge is 0.352 e. The lowest BCUT2D eigenvalue weighted by Crippen LogP contribution is -2.36. The fraction of sp³-hybridized carbons (Fsp3) is 0.364. The highest BCUT2D eigenvalue weighted by atomic mass is 16.1. The van der Waals surface area contributed by atoms with Crippen LogP contribution in [0.25, 0.3) is 0 Å². The summed E-state index contributed by atoms with van der Waals surface area (Å²) in [7, 11) is 5.72. The van der Waals surface area contributed by atoms with Crippen molar-refractivity contribution >= 4 is 11.9 Å². The van der Waals surface area contributed by atoms with Crippen molar-refractivity contribution in [3.63, 3.8) is 0 Å². The Labute approximate surface area is 168 Å². The number of hydrogen-bond donors (Lipinski definition) is 3. The molecule has 0 radical (unpaired) electrons. The van der Waals surface area contributed by atoms with Crippen LogP contribution in [0.4, 0.5) is 0 Å². The monoisotopic (exact) mass is 381 g/mol. The number of aryl methyl sites for hydroxylation is 1. The van der Waals surface area contributed by atoms with Crippen molar-refractivity contribution in [2.75, 3.05) is 34.2 Å². The van der Waals surface area contributed by atoms with Crippen LogP contribution < -0.4 is 16.0 Å². The molecule has 0 aliphatic heterocycles. The summed E-state index contributed by atoms with van der Waals surface area (Å²) >= 11 is 0. The summed E-state index contributed by atoms with van der Waals surface area (Å²) in [5.74, 6) is 0.673. The Morgan fingerprint density at radius 2 is 1.64 bits per heavy atom. The van der Waals surface area contributed by atoms with Crippen molar-refractivity contribution in [2.45, 2.75) is 20.0 Å². The summed E-state index contributed by atoms with van der Waals surface area (Å²) in [5, 5.41) is 9.54. The van der Waals surface area contributed by atoms with Crippen LogP contribution in [0.2, 0.25) is 0 Å². The number of benzene rings is 2. The molecule has 0 unspecified atom stereocenters. The third-order valence-corrected chi connectivity index (χ3v) is 4.30. The van der Waals surface area contributed by atoms with Crippen molar-refractivity contribution in [1.82, 2.24) is 20.9 Å². The number of amides is 1. The number of guanidine groups is 1. The van der Waals surface area contributed by atoms with E-state index in [0.29, 0.717) is 25.2 Å². The highest BCUT2D eigenvalue weighted by Crippen LogP contribution is 2.06. The van der Waals surface area contributed by atoms with E-state index in [4.69, 9.17) is 0 Å². The molecule has 0 bridgehead atoms. The molecule has 0 aliphatic rings. The van der Waals surface area contributed by atoms with E-state index in [1.165, 1.54) is 11.1 Å². The molecule has 0 aliphatic carbocycles. The van der Waals surface area contributed by atoms with Gasteiger partial charge in [-0.05, 0) is 44.3 Å². The van der Waals surface area contributed by atoms with Gasteiger partial charge in [0.2, 0.25) is 0 Å². The van der Waals surface area contributed by atoms with E-state index in [1.807, 2.05) is 43.3 Å². The first-order valence-electron chi connectivity index (χ1n) is 9.50. The van der Waals surface area contributed by atoms with Gasteiger partial charge in [-0.1, -0.05) is 42.0 Å². The zero-order chi connectivity index (χ0) is 20.4. The molecule has 2 aromatic rings. The molecule has 6 nitrogen and oxygen atoms in total. The topological polar surface area (TPSA) is 68.8 Å². The van der Waals surface area contributed by atoms with Crippen molar-refractivity contribution < 1.29 is 4.79 Å². The predicted molar refractivity (Wildman–Crippen MR) is 116 cm³/mol. The third-order valence-electron chi connectivity index (χ3n) is 4.30. The van der Waals surface area contributed by atoms with Crippen LogP contribution >= 0.6 is 0 Å². The van der Waals surface area contributed by atoms with Gasteiger partial charge >= 0.3 is 0 Å². The van der Waals surface area contributed by atoms with Crippen LogP contribution in [0.1, 0.15) is 27.0 Å². The SMILES string of the molecule is CN=C(NCc1ccc(C)cc1)NCc1cccc(C(=O)NCCN(C)C)c1. The molecular formula is C22H31N5O. The second-order valence-electron chi connectivity index (χ2n) is 7.02. The third kappa shape index (κ3) is 7.40. The average molecular weight is 382 g/mol. The van der Waals surface area contributed by atoms with Crippen molar-refractivity contribution in [3.8, 4) is 0 Å². The van der Waals surface area contributed by atoms with Crippen LogP contribution in [0, 0.1) is 6.92 Å². The van der Waals surface area contributed by atoms with E-state index in [9.17, 15) is 4.79 Å². The van der Waals surface area contributed by atoms with Crippen LogP contribution in [0.3, 0.4) is 0 Å². The molecule has 2 aromatic carbocycles. The van der Waals surface area contributed by atoms with E-state index < -0.39 is 0 Å². The Balaban J connectivity index is 1.85. The van der Waals surface area contributed by atoms with E-state index in [2.05, 4.69) is 52.1 Å². The van der Waals surface area contributed by atoms with E-state index >= 15 is 0 Å². The van der Waals surface area contributed by atoms with Crippen LogP contribution in [0.5, 0.6) is 0 Å². The number of likely N-dealkylation sites (N-methyl/N-ethyl adjacent to an activating group) is 1. The van der Waals surface area contributed by atoms with Gasteiger partial charge in [0.25, 0.3) is 5.91 Å². The second-order valence-corrected chi connectivity index (χ2v) is 7.02. The minimum absolute atomic E-state index is 0.0504. The first kappa shape index (κ1) is 21.4. The maximum Gasteiger partial charge on any atom is 0.251 e. The standard InChI is InChI=1S/C22H31N5O/c1-17-8-10-18(11-9-17)15-25-22(23-2)26-16-19-6-5-7-20(14-19)21(28)24-12-13-27(3)4/h5-11,14H,12-13,15-16H2,1-4H3,(H,24,28)(H2,23,25,26). The molecule has 0 saturated carbocycles. The highest BCUT2D eigenvalue weighted by molar-refractivity contribution is 5.94. The first-order chi connectivity index (χ1) is 13.5. The number of nitrogens with one attached hydrogen (secondary N) is 3. The van der Waals surface area contributed by atoms with E-state index in [0.717, 1.165) is 18.1 Å². The number of hydrogen-bond acceptors (Lipinski definition) is 3. The summed E-state index contributed by atoms with van der Waals surface area (Å²) in [5.41, 5.74) is 4.14. The molecule has 0 heterocycles. The summed E-state index contributed by atoms with van der Waals surface area (Å²) < 4.78 is 0. The lowest BCUT2D eigenvalue weighted by Gasteiger charge is -2.13. The van der Waals surface area contributed by atoms with Crippen molar-refractivity contribution in [2.24, 2.45) is 4.99 Å². The van der Waals surface area contributed by atoms with Crippen molar-refractivity contribution in [3.05, 3.63) is 70.8 Å². The molecular weight excluding hydrogens is 350 g/mol. The van der Waals surface area contributed by atoms with Gasteiger partial charge in [0.15, 0.2) is 5.96 Å². The van der Waals surface area contributed by atoms with Crippen molar-refractivity contribution in [1.29, 1.82) is 0 Å². The zero-order valence-electron chi connectivity index (χ0n) is 17.2. The summed E-state index contributed by atoms with van der Waals surface area (Å²) in [6, 6.07) is 16.0. The van der Waals surface area contributed by atoms with Crippen LogP contribution in [-0.4, -0.2) is 51.0 Å². The van der Waals surface area contributed by atoms with Gasteiger partial charge in [0.1, 0.15) is 0 Å². The highest BCUT2D eigenvalue weighted by Gasteiger charge is 2.06. The predicted octanol–water partition coefficient (Wildman–Crippen LogP) is 2.15. The molecule has 0 spiro atoms. The summed E-state index contributed by atoms with van der Waals surface area (Å²) in [6.45, 7) is 4.81. The molecule has 0 fully saturated rings. The zero-order valence-corrected chi connectivity index (χ0v) is 17.2. The number of carbonyl (C=O) groups is 1. The van der Waals surface area contributed by atoms with Gasteiger partial charge in [0.05, 0.1) is 0 Å². The Morgan fingerprint density at radius 3 is 2.29 bits per heavy atom. The molecule has 3 N–H and O–H groups in total. The molecule has 0 aromatic heterocycles. The smallest absolute Gasteiger partial charge is 0.251 e. The van der Waals surface area contributed by atoms with Crippen LogP contribution in [-0.2, 0) is 13.1 Å². The molecule has 28 heavy (non-hydrogen) atoms. The normalized spacial score (nSPS) is 11.4. The fourth-order valence-electron chi connectivity index (χ4n) is 2.62. The Kier molecular flexibility index (Phi) is 8.49. The number of carbonyl (C=O) groups excluding carboxylic acids is 1. The van der Waals surface area contributed by atoms with Gasteiger partial charge < -0.3 is 20.9 Å². The molecule has 6 heteroatoms. The number of rotatable bonds is 8. The van der Waals surface area contributed by atoms with Gasteiger partial charge in [-0.3, -0.25) is 9.79 Å². The fourth-order valence-corrected chi connectivity index (χ4v) is 2.62. The molecule has 0 atom stereocenters. The summed E-state index contributed by atoms with van der Waals surface area (Å²) in [4.78, 5) is 18.6. The summed E-state index contributed by atoms with van der Waals surface area (Å²) in [6.07, 6.45) is 0.